The van der Waals surface area contributed by atoms with Gasteiger partial charge in [0.25, 0.3) is 0 Å². The van der Waals surface area contributed by atoms with Crippen LogP contribution in [-0.4, -0.2) is 22.0 Å². The number of aromatic nitrogens is 2. The van der Waals surface area contributed by atoms with E-state index in [0.29, 0.717) is 5.13 Å². The highest BCUT2D eigenvalue weighted by atomic mass is 32.1. The van der Waals surface area contributed by atoms with Gasteiger partial charge in [0.1, 0.15) is 0 Å². The quantitative estimate of drug-likeness (QED) is 0.893. The Morgan fingerprint density at radius 2 is 2.28 bits per heavy atom. The molecule has 2 heterocycles. The molecular weight excluding hydrogens is 248 g/mol. The Balaban J connectivity index is 2.05. The van der Waals surface area contributed by atoms with Crippen LogP contribution in [-0.2, 0) is 0 Å². The molecule has 0 spiro atoms. The number of thiazole rings is 1. The van der Waals surface area contributed by atoms with Crippen molar-refractivity contribution in [2.24, 2.45) is 0 Å². The lowest BCUT2D eigenvalue weighted by Crippen LogP contribution is -2.34. The van der Waals surface area contributed by atoms with Crippen molar-refractivity contribution in [1.29, 1.82) is 0 Å². The van der Waals surface area contributed by atoms with Crippen LogP contribution in [0.25, 0.3) is 11.3 Å². The van der Waals surface area contributed by atoms with Crippen molar-refractivity contribution in [3.8, 4) is 11.3 Å². The summed E-state index contributed by atoms with van der Waals surface area (Å²) in [6.07, 6.45) is 3.46. The number of nitrogens with one attached hydrogen (secondary N) is 2. The second-order valence-electron chi connectivity index (χ2n) is 4.03. The molecule has 94 valence electrons. The van der Waals surface area contributed by atoms with Crippen molar-refractivity contribution in [3.05, 3.63) is 29.9 Å². The third-order valence-electron chi connectivity index (χ3n) is 2.10. The molecule has 6 heteroatoms. The van der Waals surface area contributed by atoms with Crippen molar-refractivity contribution in [3.63, 3.8) is 0 Å². The molecule has 0 saturated carbocycles. The fraction of sp³-hybridized carbons (Fsp3) is 0.250. The number of carbonyl (C=O) groups is 1. The second kappa shape index (κ2) is 5.59. The first-order valence-corrected chi connectivity index (χ1v) is 6.46. The minimum atomic E-state index is -0.239. The van der Waals surface area contributed by atoms with Gasteiger partial charge in [-0.1, -0.05) is 0 Å². The van der Waals surface area contributed by atoms with E-state index in [9.17, 15) is 4.79 Å². The van der Waals surface area contributed by atoms with Crippen LogP contribution in [0.5, 0.6) is 0 Å². The Labute approximate surface area is 109 Å². The molecule has 5 nitrogen and oxygen atoms in total. The van der Waals surface area contributed by atoms with Gasteiger partial charge in [0.2, 0.25) is 0 Å². The van der Waals surface area contributed by atoms with Gasteiger partial charge in [-0.2, -0.15) is 0 Å². The van der Waals surface area contributed by atoms with Gasteiger partial charge < -0.3 is 5.32 Å². The largest absolute Gasteiger partial charge is 0.336 e. The summed E-state index contributed by atoms with van der Waals surface area (Å²) in [6.45, 7) is 3.81. The summed E-state index contributed by atoms with van der Waals surface area (Å²) in [5.74, 6) is 0. The molecule has 0 aliphatic rings. The van der Waals surface area contributed by atoms with Crippen molar-refractivity contribution in [1.82, 2.24) is 15.3 Å². The van der Waals surface area contributed by atoms with Gasteiger partial charge in [-0.15, -0.1) is 11.3 Å². The molecule has 2 aromatic heterocycles. The van der Waals surface area contributed by atoms with Crippen LogP contribution in [0.2, 0.25) is 0 Å². The molecule has 0 aromatic carbocycles. The van der Waals surface area contributed by atoms with Gasteiger partial charge in [-0.25, -0.2) is 9.78 Å². The Morgan fingerprint density at radius 3 is 2.94 bits per heavy atom. The normalized spacial score (nSPS) is 10.4. The predicted octanol–water partition coefficient (Wildman–Crippen LogP) is 2.74. The molecule has 2 N–H and O–H groups in total. The van der Waals surface area contributed by atoms with Crippen molar-refractivity contribution < 1.29 is 4.79 Å². The van der Waals surface area contributed by atoms with E-state index in [1.165, 1.54) is 11.3 Å². The highest BCUT2D eigenvalue weighted by Crippen LogP contribution is 2.23. The molecular formula is C12H14N4OS. The second-order valence-corrected chi connectivity index (χ2v) is 4.89. The highest BCUT2D eigenvalue weighted by molar-refractivity contribution is 7.14. The molecule has 0 radical (unpaired) electrons. The zero-order valence-electron chi connectivity index (χ0n) is 10.2. The molecule has 2 rings (SSSR count). The number of amides is 2. The molecule has 0 bridgehead atoms. The maximum Gasteiger partial charge on any atom is 0.321 e. The molecule has 0 fully saturated rings. The number of rotatable bonds is 3. The zero-order chi connectivity index (χ0) is 13.0. The third kappa shape index (κ3) is 3.27. The highest BCUT2D eigenvalue weighted by Gasteiger charge is 2.08. The summed E-state index contributed by atoms with van der Waals surface area (Å²) in [5, 5.41) is 7.91. The van der Waals surface area contributed by atoms with E-state index in [0.717, 1.165) is 11.3 Å². The molecule has 0 atom stereocenters. The molecule has 2 aromatic rings. The van der Waals surface area contributed by atoms with E-state index in [1.54, 1.807) is 12.4 Å². The molecule has 0 aliphatic heterocycles. The summed E-state index contributed by atoms with van der Waals surface area (Å²) in [4.78, 5) is 19.9. The monoisotopic (exact) mass is 262 g/mol. The first-order chi connectivity index (χ1) is 8.65. The minimum Gasteiger partial charge on any atom is -0.336 e. The smallest absolute Gasteiger partial charge is 0.321 e. The standard InChI is InChI=1S/C12H14N4OS/c1-8(2)14-11(17)16-12-15-10(7-18-12)9-4-3-5-13-6-9/h3-8H,1-2H3,(H2,14,15,16,17). The number of nitrogens with zero attached hydrogens (tertiary/aromatic N) is 2. The molecule has 0 aliphatic carbocycles. The van der Waals surface area contributed by atoms with Gasteiger partial charge in [-0.3, -0.25) is 10.3 Å². The Morgan fingerprint density at radius 1 is 1.44 bits per heavy atom. The Bertz CT molecular complexity index is 524. The van der Waals surface area contributed by atoms with E-state index >= 15 is 0 Å². The van der Waals surface area contributed by atoms with E-state index < -0.39 is 0 Å². The minimum absolute atomic E-state index is 0.0998. The number of carbonyl (C=O) groups excluding carboxylic acids is 1. The SMILES string of the molecule is CC(C)NC(=O)Nc1nc(-c2cccnc2)cs1. The number of urea groups is 1. The summed E-state index contributed by atoms with van der Waals surface area (Å²) in [5.41, 5.74) is 1.75. The first kappa shape index (κ1) is 12.5. The first-order valence-electron chi connectivity index (χ1n) is 5.58. The fourth-order valence-corrected chi connectivity index (χ4v) is 2.09. The van der Waals surface area contributed by atoms with Crippen LogP contribution in [0.4, 0.5) is 9.93 Å². The van der Waals surface area contributed by atoms with Crippen LogP contribution in [0.3, 0.4) is 0 Å². The lowest BCUT2D eigenvalue weighted by atomic mass is 10.2. The topological polar surface area (TPSA) is 66.9 Å². The molecule has 2 amide bonds. The summed E-state index contributed by atoms with van der Waals surface area (Å²) in [7, 11) is 0. The predicted molar refractivity (Wildman–Crippen MR) is 72.6 cm³/mol. The average Bonchev–Trinajstić information content (AvgIpc) is 2.77. The van der Waals surface area contributed by atoms with E-state index in [2.05, 4.69) is 20.6 Å². The van der Waals surface area contributed by atoms with Crippen LogP contribution in [0, 0.1) is 0 Å². The summed E-state index contributed by atoms with van der Waals surface area (Å²) < 4.78 is 0. The van der Waals surface area contributed by atoms with Gasteiger partial charge in [0.05, 0.1) is 5.69 Å². The van der Waals surface area contributed by atoms with Gasteiger partial charge in [0, 0.05) is 29.4 Å². The lowest BCUT2D eigenvalue weighted by molar-refractivity contribution is 0.250. The Hall–Kier alpha value is -1.95. The maximum atomic E-state index is 11.5. The van der Waals surface area contributed by atoms with Crippen LogP contribution in [0.1, 0.15) is 13.8 Å². The van der Waals surface area contributed by atoms with Crippen molar-refractivity contribution in [2.75, 3.05) is 5.32 Å². The van der Waals surface area contributed by atoms with E-state index in [-0.39, 0.29) is 12.1 Å². The van der Waals surface area contributed by atoms with E-state index in [4.69, 9.17) is 0 Å². The molecule has 0 saturated heterocycles. The molecule has 18 heavy (non-hydrogen) atoms. The maximum absolute atomic E-state index is 11.5. The van der Waals surface area contributed by atoms with E-state index in [1.807, 2.05) is 31.4 Å². The van der Waals surface area contributed by atoms with Crippen LogP contribution < -0.4 is 10.6 Å². The summed E-state index contributed by atoms with van der Waals surface area (Å²) >= 11 is 1.39. The molecule has 0 unspecified atom stereocenters. The fourth-order valence-electron chi connectivity index (χ4n) is 1.37. The number of hydrogen-bond acceptors (Lipinski definition) is 4. The Kier molecular flexibility index (Phi) is 3.88. The number of pyridine rings is 1. The van der Waals surface area contributed by atoms with Gasteiger partial charge >= 0.3 is 6.03 Å². The summed E-state index contributed by atoms with van der Waals surface area (Å²) in [6, 6.07) is 3.65. The van der Waals surface area contributed by atoms with Crippen molar-refractivity contribution >= 4 is 22.5 Å². The number of hydrogen-bond donors (Lipinski definition) is 2. The van der Waals surface area contributed by atoms with Crippen molar-refractivity contribution in [2.45, 2.75) is 19.9 Å². The average molecular weight is 262 g/mol. The lowest BCUT2D eigenvalue weighted by Gasteiger charge is -2.07. The van der Waals surface area contributed by atoms with Gasteiger partial charge in [-0.05, 0) is 26.0 Å². The van der Waals surface area contributed by atoms with Crippen LogP contribution >= 0.6 is 11.3 Å². The number of anilines is 1. The van der Waals surface area contributed by atoms with Gasteiger partial charge in [0.15, 0.2) is 5.13 Å². The zero-order valence-corrected chi connectivity index (χ0v) is 11.0. The van der Waals surface area contributed by atoms with Crippen LogP contribution in [0.15, 0.2) is 29.9 Å². The third-order valence-corrected chi connectivity index (χ3v) is 2.86.